The molecule has 3 N–H and O–H groups in total. The molecule has 7 nitrogen and oxygen atoms in total. The SMILES string of the molecule is CNc1cc(N2CCC(COCCN(C(=O)OC)C(C)(C)C)CC2)ccc1N. The highest BCUT2D eigenvalue weighted by molar-refractivity contribution is 5.72. The van der Waals surface area contributed by atoms with Gasteiger partial charge in [-0.3, -0.25) is 0 Å². The van der Waals surface area contributed by atoms with Crippen molar-refractivity contribution in [2.45, 2.75) is 39.2 Å². The second-order valence-corrected chi connectivity index (χ2v) is 8.32. The van der Waals surface area contributed by atoms with Crippen molar-refractivity contribution in [3.05, 3.63) is 18.2 Å². The highest BCUT2D eigenvalue weighted by Gasteiger charge is 2.27. The minimum Gasteiger partial charge on any atom is -0.453 e. The van der Waals surface area contributed by atoms with Crippen LogP contribution in [0, 0.1) is 5.92 Å². The molecule has 1 heterocycles. The average molecular weight is 393 g/mol. The first-order valence-electron chi connectivity index (χ1n) is 10.0. The predicted octanol–water partition coefficient (Wildman–Crippen LogP) is 3.41. The van der Waals surface area contributed by atoms with Gasteiger partial charge in [-0.2, -0.15) is 0 Å². The second-order valence-electron chi connectivity index (χ2n) is 8.32. The fraction of sp³-hybridized carbons (Fsp3) is 0.667. The molecule has 0 aliphatic carbocycles. The lowest BCUT2D eigenvalue weighted by molar-refractivity contribution is 0.0395. The van der Waals surface area contributed by atoms with Gasteiger partial charge in [-0.15, -0.1) is 0 Å². The molecular weight excluding hydrogens is 356 g/mol. The summed E-state index contributed by atoms with van der Waals surface area (Å²) in [6, 6.07) is 6.15. The fourth-order valence-corrected chi connectivity index (χ4v) is 3.53. The molecule has 1 aliphatic heterocycles. The van der Waals surface area contributed by atoms with Gasteiger partial charge in [-0.25, -0.2) is 4.79 Å². The van der Waals surface area contributed by atoms with Gasteiger partial charge in [0.15, 0.2) is 0 Å². The maximum Gasteiger partial charge on any atom is 0.409 e. The molecule has 1 aliphatic rings. The molecule has 1 aromatic rings. The van der Waals surface area contributed by atoms with Crippen LogP contribution in [-0.2, 0) is 9.47 Å². The first-order chi connectivity index (χ1) is 13.3. The number of nitrogens with two attached hydrogens (primary N) is 1. The third kappa shape index (κ3) is 5.92. The van der Waals surface area contributed by atoms with Gasteiger partial charge in [0.2, 0.25) is 0 Å². The zero-order chi connectivity index (χ0) is 20.7. The van der Waals surface area contributed by atoms with Crippen LogP contribution < -0.4 is 16.0 Å². The molecule has 0 bridgehead atoms. The van der Waals surface area contributed by atoms with Crippen LogP contribution >= 0.6 is 0 Å². The van der Waals surface area contributed by atoms with Crippen molar-refractivity contribution >= 4 is 23.2 Å². The number of carbonyl (C=O) groups is 1. The topological polar surface area (TPSA) is 80.1 Å². The fourth-order valence-electron chi connectivity index (χ4n) is 3.53. The van der Waals surface area contributed by atoms with Crippen molar-refractivity contribution in [3.8, 4) is 0 Å². The molecule has 1 aromatic carbocycles. The molecule has 158 valence electrons. The van der Waals surface area contributed by atoms with E-state index in [0.717, 1.165) is 43.9 Å². The molecule has 0 atom stereocenters. The molecular formula is C21H36N4O3. The zero-order valence-electron chi connectivity index (χ0n) is 18.0. The maximum absolute atomic E-state index is 11.9. The quantitative estimate of drug-likeness (QED) is 0.547. The van der Waals surface area contributed by atoms with E-state index < -0.39 is 0 Å². The second kappa shape index (κ2) is 9.87. The van der Waals surface area contributed by atoms with Gasteiger partial charge < -0.3 is 30.3 Å². The van der Waals surface area contributed by atoms with Gasteiger partial charge in [0, 0.05) is 44.5 Å². The van der Waals surface area contributed by atoms with Crippen LogP contribution in [0.5, 0.6) is 0 Å². The van der Waals surface area contributed by atoms with Crippen LogP contribution in [0.4, 0.5) is 21.9 Å². The first-order valence-corrected chi connectivity index (χ1v) is 10.0. The lowest BCUT2D eigenvalue weighted by Gasteiger charge is -2.35. The Bertz CT molecular complexity index is 637. The molecule has 1 fully saturated rings. The van der Waals surface area contributed by atoms with E-state index in [2.05, 4.69) is 22.3 Å². The summed E-state index contributed by atoms with van der Waals surface area (Å²) in [7, 11) is 3.30. The van der Waals surface area contributed by atoms with Crippen LogP contribution in [-0.4, -0.2) is 63.5 Å². The van der Waals surface area contributed by atoms with E-state index >= 15 is 0 Å². The molecule has 1 saturated heterocycles. The minimum atomic E-state index is -0.311. The Labute approximate surface area is 169 Å². The number of ether oxygens (including phenoxy) is 2. The number of nitrogen functional groups attached to an aromatic ring is 1. The lowest BCUT2D eigenvalue weighted by Crippen LogP contribution is -2.47. The Kier molecular flexibility index (Phi) is 7.80. The monoisotopic (exact) mass is 392 g/mol. The van der Waals surface area contributed by atoms with Crippen LogP contribution in [0.25, 0.3) is 0 Å². The molecule has 0 aromatic heterocycles. The van der Waals surface area contributed by atoms with E-state index in [1.165, 1.54) is 12.8 Å². The molecule has 2 rings (SSSR count). The van der Waals surface area contributed by atoms with Gasteiger partial charge in [0.05, 0.1) is 25.1 Å². The van der Waals surface area contributed by atoms with Crippen LogP contribution in [0.3, 0.4) is 0 Å². The summed E-state index contributed by atoms with van der Waals surface area (Å²) in [5.74, 6) is 0.551. The highest BCUT2D eigenvalue weighted by Crippen LogP contribution is 2.28. The standard InChI is InChI=1S/C21H36N4O3/c1-21(2,3)25(20(26)27-5)12-13-28-15-16-8-10-24(11-9-16)17-6-7-18(22)19(14-17)23-4/h6-7,14,16,23H,8-13,15,22H2,1-5H3. The number of nitrogens with zero attached hydrogens (tertiary/aromatic N) is 2. The highest BCUT2D eigenvalue weighted by atomic mass is 16.5. The number of amides is 1. The number of piperidine rings is 1. The third-order valence-electron chi connectivity index (χ3n) is 5.30. The van der Waals surface area contributed by atoms with Gasteiger partial charge >= 0.3 is 6.09 Å². The molecule has 0 radical (unpaired) electrons. The Hall–Kier alpha value is -2.15. The molecule has 1 amide bonds. The van der Waals surface area contributed by atoms with Crippen molar-refractivity contribution in [2.24, 2.45) is 5.92 Å². The molecule has 0 saturated carbocycles. The Morgan fingerprint density at radius 2 is 2.00 bits per heavy atom. The van der Waals surface area contributed by atoms with E-state index in [9.17, 15) is 4.79 Å². The van der Waals surface area contributed by atoms with Gasteiger partial charge in [-0.1, -0.05) is 0 Å². The summed E-state index contributed by atoms with van der Waals surface area (Å²) in [5, 5.41) is 3.14. The number of hydrogen-bond donors (Lipinski definition) is 2. The smallest absolute Gasteiger partial charge is 0.409 e. The van der Waals surface area contributed by atoms with Crippen LogP contribution in [0.2, 0.25) is 0 Å². The van der Waals surface area contributed by atoms with Crippen molar-refractivity contribution in [1.82, 2.24) is 4.90 Å². The summed E-state index contributed by atoms with van der Waals surface area (Å²) < 4.78 is 10.8. The largest absolute Gasteiger partial charge is 0.453 e. The number of methoxy groups -OCH3 is 1. The number of anilines is 3. The van der Waals surface area contributed by atoms with E-state index in [1.807, 2.05) is 33.9 Å². The molecule has 7 heteroatoms. The Morgan fingerprint density at radius 3 is 2.57 bits per heavy atom. The zero-order valence-corrected chi connectivity index (χ0v) is 18.0. The van der Waals surface area contributed by atoms with Crippen LogP contribution in [0.15, 0.2) is 18.2 Å². The minimum absolute atomic E-state index is 0.285. The molecule has 28 heavy (non-hydrogen) atoms. The Balaban J connectivity index is 1.75. The normalized spacial score (nSPS) is 15.4. The van der Waals surface area contributed by atoms with Gasteiger partial charge in [0.1, 0.15) is 0 Å². The van der Waals surface area contributed by atoms with Crippen molar-refractivity contribution in [3.63, 3.8) is 0 Å². The average Bonchev–Trinajstić information content (AvgIpc) is 2.67. The maximum atomic E-state index is 11.9. The van der Waals surface area contributed by atoms with Crippen molar-refractivity contribution < 1.29 is 14.3 Å². The number of nitrogens with one attached hydrogen (secondary N) is 1. The Morgan fingerprint density at radius 1 is 1.32 bits per heavy atom. The predicted molar refractivity (Wildman–Crippen MR) is 115 cm³/mol. The van der Waals surface area contributed by atoms with E-state index in [-0.39, 0.29) is 11.6 Å². The summed E-state index contributed by atoms with van der Waals surface area (Å²) in [6.45, 7) is 9.80. The third-order valence-corrected chi connectivity index (χ3v) is 5.30. The summed E-state index contributed by atoms with van der Waals surface area (Å²) >= 11 is 0. The van der Waals surface area contributed by atoms with Crippen LogP contribution in [0.1, 0.15) is 33.6 Å². The van der Waals surface area contributed by atoms with E-state index in [1.54, 1.807) is 4.90 Å². The van der Waals surface area contributed by atoms with Gasteiger partial charge in [0.25, 0.3) is 0 Å². The van der Waals surface area contributed by atoms with Crippen molar-refractivity contribution in [2.75, 3.05) is 63.0 Å². The van der Waals surface area contributed by atoms with E-state index in [4.69, 9.17) is 15.2 Å². The number of hydrogen-bond acceptors (Lipinski definition) is 6. The number of benzene rings is 1. The van der Waals surface area contributed by atoms with E-state index in [0.29, 0.717) is 19.1 Å². The lowest BCUT2D eigenvalue weighted by atomic mass is 9.97. The summed E-state index contributed by atoms with van der Waals surface area (Å²) in [5.41, 5.74) is 8.62. The number of carbonyl (C=O) groups excluding carboxylic acids is 1. The van der Waals surface area contributed by atoms with Crippen molar-refractivity contribution in [1.29, 1.82) is 0 Å². The first kappa shape index (κ1) is 22.1. The summed E-state index contributed by atoms with van der Waals surface area (Å²) in [6.07, 6.45) is 1.88. The van der Waals surface area contributed by atoms with Gasteiger partial charge in [-0.05, 0) is 57.7 Å². The number of rotatable bonds is 7. The summed E-state index contributed by atoms with van der Waals surface area (Å²) in [4.78, 5) is 16.0. The molecule has 0 spiro atoms. The molecule has 0 unspecified atom stereocenters.